The van der Waals surface area contributed by atoms with Crippen LogP contribution >= 0.6 is 12.6 Å². The smallest absolute Gasteiger partial charge is 0.0989 e. The minimum atomic E-state index is -0.550. The predicted molar refractivity (Wildman–Crippen MR) is 133 cm³/mol. The summed E-state index contributed by atoms with van der Waals surface area (Å²) < 4.78 is 6.09. The van der Waals surface area contributed by atoms with E-state index < -0.39 is 5.44 Å². The molecule has 2 nitrogen and oxygen atoms in total. The van der Waals surface area contributed by atoms with Crippen molar-refractivity contribution < 1.29 is 9.84 Å². The molecule has 0 aliphatic carbocycles. The van der Waals surface area contributed by atoms with E-state index in [1.807, 2.05) is 0 Å². The highest BCUT2D eigenvalue weighted by Crippen LogP contribution is 2.17. The molecule has 0 amide bonds. The second kappa shape index (κ2) is 24.5. The van der Waals surface area contributed by atoms with Crippen LogP contribution in [0, 0.1) is 0 Å². The third-order valence-corrected chi connectivity index (χ3v) is 6.17. The molecule has 29 heavy (non-hydrogen) atoms. The van der Waals surface area contributed by atoms with Crippen LogP contribution in [0.3, 0.4) is 0 Å². The Morgan fingerprint density at radius 3 is 1.38 bits per heavy atom. The highest BCUT2D eigenvalue weighted by atomic mass is 32.1. The third-order valence-electron chi connectivity index (χ3n) is 5.95. The molecule has 0 aromatic carbocycles. The van der Waals surface area contributed by atoms with Crippen LogP contribution in [0.5, 0.6) is 0 Å². The van der Waals surface area contributed by atoms with Crippen molar-refractivity contribution in [1.82, 2.24) is 0 Å². The number of aliphatic hydroxyl groups excluding tert-OH is 1. The van der Waals surface area contributed by atoms with Gasteiger partial charge in [-0.2, -0.15) is 0 Å². The lowest BCUT2D eigenvalue weighted by molar-refractivity contribution is 0.0220. The number of aliphatic hydroxyl groups is 1. The Hall–Kier alpha value is 0.270. The van der Waals surface area contributed by atoms with Crippen molar-refractivity contribution in [2.45, 2.75) is 160 Å². The molecule has 0 spiro atoms. The van der Waals surface area contributed by atoms with Gasteiger partial charge >= 0.3 is 0 Å². The van der Waals surface area contributed by atoms with Gasteiger partial charge in [-0.1, -0.05) is 129 Å². The van der Waals surface area contributed by atoms with Gasteiger partial charge in [-0.15, -0.1) is 12.6 Å². The molecular formula is C26H54O2S. The van der Waals surface area contributed by atoms with Gasteiger partial charge in [-0.25, -0.2) is 0 Å². The Bertz CT molecular complexity index is 272. The van der Waals surface area contributed by atoms with Crippen molar-refractivity contribution in [3.8, 4) is 0 Å². The quantitative estimate of drug-likeness (QED) is 0.0909. The Kier molecular flexibility index (Phi) is 24.8. The number of hydrogen-bond acceptors (Lipinski definition) is 3. The van der Waals surface area contributed by atoms with E-state index in [1.54, 1.807) is 0 Å². The SMILES string of the molecule is CCCCCCCCCCCCC(CC(O)S)OCCCCCCCCCCC. The Morgan fingerprint density at radius 1 is 0.586 bits per heavy atom. The molecule has 2 unspecified atom stereocenters. The summed E-state index contributed by atoms with van der Waals surface area (Å²) in [5.74, 6) is 0. The highest BCUT2D eigenvalue weighted by molar-refractivity contribution is 7.80. The third kappa shape index (κ3) is 24.4. The van der Waals surface area contributed by atoms with Crippen LogP contribution in [0.25, 0.3) is 0 Å². The second-order valence-corrected chi connectivity index (χ2v) is 9.60. The van der Waals surface area contributed by atoms with Gasteiger partial charge < -0.3 is 9.84 Å². The summed E-state index contributed by atoms with van der Waals surface area (Å²) in [6.07, 6.45) is 27.7. The summed E-state index contributed by atoms with van der Waals surface area (Å²) in [5, 5.41) is 9.63. The second-order valence-electron chi connectivity index (χ2n) is 9.01. The zero-order chi connectivity index (χ0) is 21.4. The summed E-state index contributed by atoms with van der Waals surface area (Å²) in [4.78, 5) is 0. The minimum Gasteiger partial charge on any atom is -0.383 e. The fourth-order valence-electron chi connectivity index (χ4n) is 4.03. The van der Waals surface area contributed by atoms with Crippen LogP contribution in [0.4, 0.5) is 0 Å². The van der Waals surface area contributed by atoms with Crippen molar-refractivity contribution in [3.63, 3.8) is 0 Å². The van der Waals surface area contributed by atoms with E-state index in [-0.39, 0.29) is 6.10 Å². The van der Waals surface area contributed by atoms with Gasteiger partial charge in [0, 0.05) is 13.0 Å². The minimum absolute atomic E-state index is 0.186. The number of hydrogen-bond donors (Lipinski definition) is 2. The topological polar surface area (TPSA) is 29.5 Å². The van der Waals surface area contributed by atoms with Crippen LogP contribution in [0.1, 0.15) is 149 Å². The lowest BCUT2D eigenvalue weighted by Crippen LogP contribution is -2.18. The van der Waals surface area contributed by atoms with Gasteiger partial charge in [0.05, 0.1) is 11.5 Å². The summed E-state index contributed by atoms with van der Waals surface area (Å²) in [6.45, 7) is 5.40. The van der Waals surface area contributed by atoms with Crippen LogP contribution in [-0.4, -0.2) is 23.3 Å². The molecular weight excluding hydrogens is 376 g/mol. The average Bonchev–Trinajstić information content (AvgIpc) is 2.70. The molecule has 2 atom stereocenters. The summed E-state index contributed by atoms with van der Waals surface area (Å²) in [7, 11) is 0. The molecule has 0 radical (unpaired) electrons. The van der Waals surface area contributed by atoms with Crippen molar-refractivity contribution >= 4 is 12.6 Å². The van der Waals surface area contributed by atoms with Gasteiger partial charge in [-0.05, 0) is 12.8 Å². The monoisotopic (exact) mass is 430 g/mol. The van der Waals surface area contributed by atoms with E-state index in [0.29, 0.717) is 6.42 Å². The molecule has 0 aliphatic rings. The maximum Gasteiger partial charge on any atom is 0.0989 e. The Labute approximate surface area is 189 Å². The number of rotatable bonds is 24. The van der Waals surface area contributed by atoms with Crippen molar-refractivity contribution in [3.05, 3.63) is 0 Å². The molecule has 0 aromatic rings. The van der Waals surface area contributed by atoms with Crippen molar-refractivity contribution in [2.24, 2.45) is 0 Å². The predicted octanol–water partition coefficient (Wildman–Crippen LogP) is 8.85. The first kappa shape index (κ1) is 29.3. The first-order valence-corrected chi connectivity index (χ1v) is 13.7. The van der Waals surface area contributed by atoms with Gasteiger partial charge in [0.2, 0.25) is 0 Å². The van der Waals surface area contributed by atoms with E-state index in [9.17, 15) is 5.11 Å². The van der Waals surface area contributed by atoms with E-state index >= 15 is 0 Å². The first-order valence-electron chi connectivity index (χ1n) is 13.2. The van der Waals surface area contributed by atoms with E-state index in [2.05, 4.69) is 26.5 Å². The lowest BCUT2D eigenvalue weighted by atomic mass is 10.0. The van der Waals surface area contributed by atoms with Crippen LogP contribution in [0.2, 0.25) is 0 Å². The number of ether oxygens (including phenoxy) is 1. The molecule has 1 N–H and O–H groups in total. The molecule has 0 aromatic heterocycles. The normalized spacial score (nSPS) is 13.7. The number of thiol groups is 1. The highest BCUT2D eigenvalue weighted by Gasteiger charge is 2.12. The maximum absolute atomic E-state index is 9.63. The molecule has 0 saturated carbocycles. The molecule has 0 rings (SSSR count). The Morgan fingerprint density at radius 2 is 0.966 bits per heavy atom. The standard InChI is InChI=1S/C26H54O2S/c1-3-5-7-9-11-13-14-16-18-20-22-25(24-26(27)29)28-23-21-19-17-15-12-10-8-6-4-2/h25-27,29H,3-24H2,1-2H3. The summed E-state index contributed by atoms with van der Waals surface area (Å²) in [6, 6.07) is 0. The van der Waals surface area contributed by atoms with E-state index in [1.165, 1.54) is 116 Å². The van der Waals surface area contributed by atoms with Crippen molar-refractivity contribution in [2.75, 3.05) is 6.61 Å². The van der Waals surface area contributed by atoms with Gasteiger partial charge in [-0.3, -0.25) is 0 Å². The first-order chi connectivity index (χ1) is 14.2. The molecule has 176 valence electrons. The molecule has 0 aliphatic heterocycles. The van der Waals surface area contributed by atoms with Gasteiger partial charge in [0.15, 0.2) is 0 Å². The van der Waals surface area contributed by atoms with Crippen LogP contribution in [-0.2, 0) is 4.74 Å². The maximum atomic E-state index is 9.63. The van der Waals surface area contributed by atoms with E-state index in [0.717, 1.165) is 19.4 Å². The molecule has 0 bridgehead atoms. The molecule has 0 heterocycles. The molecule has 0 fully saturated rings. The Balaban J connectivity index is 3.55. The average molecular weight is 431 g/mol. The molecule has 3 heteroatoms. The van der Waals surface area contributed by atoms with Gasteiger partial charge in [0.25, 0.3) is 0 Å². The number of unbranched alkanes of at least 4 members (excludes halogenated alkanes) is 17. The van der Waals surface area contributed by atoms with Gasteiger partial charge in [0.1, 0.15) is 0 Å². The van der Waals surface area contributed by atoms with Crippen molar-refractivity contribution in [1.29, 1.82) is 0 Å². The lowest BCUT2D eigenvalue weighted by Gasteiger charge is -2.19. The summed E-state index contributed by atoms with van der Waals surface area (Å²) in [5.41, 5.74) is -0.550. The zero-order valence-corrected chi connectivity index (χ0v) is 20.9. The fraction of sp³-hybridized carbons (Fsp3) is 1.00. The zero-order valence-electron chi connectivity index (χ0n) is 20.0. The van der Waals surface area contributed by atoms with Crippen LogP contribution in [0.15, 0.2) is 0 Å². The largest absolute Gasteiger partial charge is 0.383 e. The molecule has 0 saturated heterocycles. The fourth-order valence-corrected chi connectivity index (χ4v) is 4.26. The van der Waals surface area contributed by atoms with Crippen LogP contribution < -0.4 is 0 Å². The van der Waals surface area contributed by atoms with E-state index in [4.69, 9.17) is 4.74 Å². The summed E-state index contributed by atoms with van der Waals surface area (Å²) >= 11 is 4.16.